The average molecular weight is 474 g/mol. The van der Waals surface area contributed by atoms with E-state index in [2.05, 4.69) is 0 Å². The van der Waals surface area contributed by atoms with Crippen LogP contribution >= 0.6 is 35.6 Å². The maximum absolute atomic E-state index is 12.6. The smallest absolute Gasteiger partial charge is 0.336 e. The topological polar surface area (TPSA) is 55.8 Å². The summed E-state index contributed by atoms with van der Waals surface area (Å²) < 4.78 is 10.9. The van der Waals surface area contributed by atoms with Gasteiger partial charge >= 0.3 is 5.97 Å². The highest BCUT2D eigenvalue weighted by Gasteiger charge is 2.31. The van der Waals surface area contributed by atoms with Crippen LogP contribution in [-0.4, -0.2) is 41.4 Å². The van der Waals surface area contributed by atoms with Crippen LogP contribution in [0.3, 0.4) is 0 Å². The van der Waals surface area contributed by atoms with Crippen LogP contribution in [0.4, 0.5) is 0 Å². The lowest BCUT2D eigenvalue weighted by Crippen LogP contribution is -2.29. The highest BCUT2D eigenvalue weighted by atomic mass is 35.5. The first-order chi connectivity index (χ1) is 15.0. The Bertz CT molecular complexity index is 1030. The largest absolute Gasteiger partial charge is 0.423 e. The lowest BCUT2D eigenvalue weighted by molar-refractivity contribution is -0.129. The van der Waals surface area contributed by atoms with Crippen LogP contribution < -0.4 is 4.74 Å². The first-order valence-electron chi connectivity index (χ1n) is 9.46. The number of carbonyl (C=O) groups is 2. The number of thioether (sulfide) groups is 1. The van der Waals surface area contributed by atoms with Gasteiger partial charge in [-0.1, -0.05) is 65.9 Å². The molecule has 0 atom stereocenters. The monoisotopic (exact) mass is 473 g/mol. The molecule has 1 heterocycles. The fraction of sp³-hybridized carbons (Fsp3) is 0.174. The summed E-state index contributed by atoms with van der Waals surface area (Å²) in [4.78, 5) is 26.8. The van der Waals surface area contributed by atoms with Gasteiger partial charge in [0.1, 0.15) is 10.1 Å². The lowest BCUT2D eigenvalue weighted by atomic mass is 10.2. The molecule has 0 aromatic heterocycles. The highest BCUT2D eigenvalue weighted by molar-refractivity contribution is 8.26. The van der Waals surface area contributed by atoms with E-state index >= 15 is 0 Å². The van der Waals surface area contributed by atoms with Crippen LogP contribution in [0.5, 0.6) is 5.75 Å². The van der Waals surface area contributed by atoms with Crippen molar-refractivity contribution in [3.8, 4) is 5.75 Å². The fourth-order valence-corrected chi connectivity index (χ4v) is 4.27. The molecule has 5 nitrogen and oxygen atoms in total. The van der Waals surface area contributed by atoms with Gasteiger partial charge in [-0.05, 0) is 47.9 Å². The zero-order chi connectivity index (χ0) is 22.2. The zero-order valence-corrected chi connectivity index (χ0v) is 19.1. The van der Waals surface area contributed by atoms with Crippen LogP contribution in [0.2, 0.25) is 5.02 Å². The predicted molar refractivity (Wildman–Crippen MR) is 129 cm³/mol. The molecule has 3 rings (SSSR count). The number of carbonyl (C=O) groups excluding carboxylic acids is 2. The van der Waals surface area contributed by atoms with E-state index in [9.17, 15) is 9.59 Å². The number of rotatable bonds is 8. The van der Waals surface area contributed by atoms with E-state index in [0.29, 0.717) is 33.1 Å². The van der Waals surface area contributed by atoms with Crippen molar-refractivity contribution in [2.45, 2.75) is 6.42 Å². The van der Waals surface area contributed by atoms with Crippen molar-refractivity contribution in [1.82, 2.24) is 4.90 Å². The highest BCUT2D eigenvalue weighted by Crippen LogP contribution is 2.32. The van der Waals surface area contributed by atoms with Gasteiger partial charge in [0, 0.05) is 31.4 Å². The molecule has 0 N–H and O–H groups in total. The summed E-state index contributed by atoms with van der Waals surface area (Å²) in [6, 6.07) is 14.1. The predicted octanol–water partition coefficient (Wildman–Crippen LogP) is 5.20. The van der Waals surface area contributed by atoms with Crippen molar-refractivity contribution < 1.29 is 19.1 Å². The molecule has 8 heteroatoms. The van der Waals surface area contributed by atoms with Crippen LogP contribution in [0.15, 0.2) is 59.5 Å². The van der Waals surface area contributed by atoms with Crippen molar-refractivity contribution in [2.75, 3.05) is 20.3 Å². The minimum Gasteiger partial charge on any atom is -0.423 e. The number of methoxy groups -OCH3 is 1. The number of amides is 1. The number of thiocarbonyl (C=S) groups is 1. The Balaban J connectivity index is 1.60. The van der Waals surface area contributed by atoms with Crippen molar-refractivity contribution in [3.05, 3.63) is 75.7 Å². The van der Waals surface area contributed by atoms with Crippen LogP contribution in [0.25, 0.3) is 12.2 Å². The molecule has 2 aromatic rings. The van der Waals surface area contributed by atoms with Gasteiger partial charge in [-0.15, -0.1) is 0 Å². The zero-order valence-electron chi connectivity index (χ0n) is 16.7. The molecule has 1 fully saturated rings. The molecule has 2 aromatic carbocycles. The van der Waals surface area contributed by atoms with Gasteiger partial charge in [-0.3, -0.25) is 9.69 Å². The number of hydrogen-bond donors (Lipinski definition) is 0. The van der Waals surface area contributed by atoms with Gasteiger partial charge in [0.15, 0.2) is 0 Å². The van der Waals surface area contributed by atoms with Crippen molar-refractivity contribution in [2.24, 2.45) is 0 Å². The van der Waals surface area contributed by atoms with Gasteiger partial charge in [0.05, 0.1) is 4.91 Å². The first kappa shape index (κ1) is 23.2. The summed E-state index contributed by atoms with van der Waals surface area (Å²) in [5.74, 6) is -0.214. The molecule has 1 aliphatic rings. The fourth-order valence-electron chi connectivity index (χ4n) is 2.76. The quantitative estimate of drug-likeness (QED) is 0.173. The second-order valence-corrected chi connectivity index (χ2v) is 8.61. The maximum atomic E-state index is 12.6. The summed E-state index contributed by atoms with van der Waals surface area (Å²) >= 11 is 12.7. The molecule has 0 radical (unpaired) electrons. The Morgan fingerprint density at radius 1 is 1.19 bits per heavy atom. The number of halogens is 1. The van der Waals surface area contributed by atoms with Crippen molar-refractivity contribution in [3.63, 3.8) is 0 Å². The molecule has 0 aliphatic carbocycles. The number of hydrogen-bond acceptors (Lipinski definition) is 6. The molecule has 31 heavy (non-hydrogen) atoms. The molecule has 1 saturated heterocycles. The van der Waals surface area contributed by atoms with Crippen LogP contribution in [0.1, 0.15) is 17.5 Å². The summed E-state index contributed by atoms with van der Waals surface area (Å²) in [7, 11) is 1.63. The minimum absolute atomic E-state index is 0.105. The van der Waals surface area contributed by atoms with Gasteiger partial charge in [-0.2, -0.15) is 0 Å². The second kappa shape index (κ2) is 11.2. The third-order valence-corrected chi connectivity index (χ3v) is 6.03. The molecule has 160 valence electrons. The number of nitrogens with zero attached hydrogens (tertiary/aromatic N) is 1. The average Bonchev–Trinajstić information content (AvgIpc) is 3.02. The molecule has 0 unspecified atom stereocenters. The standard InChI is InChI=1S/C23H20ClNO4S2/c1-28-14-4-13-25-22(27)20(31-23(25)30)15-16-7-10-18(11-8-16)29-21(26)12-9-17-5-2-3-6-19(17)24/h2-3,5-12,15H,4,13-14H2,1H3/b12-9+,20-15-. The van der Waals surface area contributed by atoms with E-state index in [-0.39, 0.29) is 5.91 Å². The number of ether oxygens (including phenoxy) is 2. The Morgan fingerprint density at radius 2 is 1.94 bits per heavy atom. The van der Waals surface area contributed by atoms with E-state index in [1.807, 2.05) is 12.1 Å². The Hall–Kier alpha value is -2.45. The van der Waals surface area contributed by atoms with Gasteiger partial charge in [0.25, 0.3) is 5.91 Å². The minimum atomic E-state index is -0.510. The number of benzene rings is 2. The van der Waals surface area contributed by atoms with E-state index in [1.54, 1.807) is 60.6 Å². The van der Waals surface area contributed by atoms with E-state index in [4.69, 9.17) is 33.3 Å². The number of esters is 1. The molecular formula is C23H20ClNO4S2. The van der Waals surface area contributed by atoms with Gasteiger partial charge < -0.3 is 9.47 Å². The summed E-state index contributed by atoms with van der Waals surface area (Å²) in [5, 5.41) is 0.556. The molecule has 1 amide bonds. The van der Waals surface area contributed by atoms with Gasteiger partial charge in [-0.25, -0.2) is 4.79 Å². The Morgan fingerprint density at radius 3 is 2.65 bits per heavy atom. The van der Waals surface area contributed by atoms with Crippen molar-refractivity contribution >= 4 is 63.9 Å². The van der Waals surface area contributed by atoms with Crippen molar-refractivity contribution in [1.29, 1.82) is 0 Å². The van der Waals surface area contributed by atoms with Crippen LogP contribution in [-0.2, 0) is 14.3 Å². The summed E-state index contributed by atoms with van der Waals surface area (Å²) in [5.41, 5.74) is 1.54. The van der Waals surface area contributed by atoms with Gasteiger partial charge in [0.2, 0.25) is 0 Å². The normalized spacial score (nSPS) is 15.3. The van der Waals surface area contributed by atoms with E-state index < -0.39 is 5.97 Å². The maximum Gasteiger partial charge on any atom is 0.336 e. The third-order valence-electron chi connectivity index (χ3n) is 4.30. The van der Waals surface area contributed by atoms with E-state index in [0.717, 1.165) is 17.5 Å². The van der Waals surface area contributed by atoms with Crippen LogP contribution in [0, 0.1) is 0 Å². The molecule has 0 bridgehead atoms. The van der Waals surface area contributed by atoms with E-state index in [1.165, 1.54) is 17.8 Å². The molecular weight excluding hydrogens is 454 g/mol. The third kappa shape index (κ3) is 6.51. The molecule has 0 saturated carbocycles. The molecule has 1 aliphatic heterocycles. The SMILES string of the molecule is COCCCN1C(=O)/C(=C/c2ccc(OC(=O)/C=C/c3ccccc3Cl)cc2)SC1=S. The Labute approximate surface area is 195 Å². The summed E-state index contributed by atoms with van der Waals surface area (Å²) in [6.45, 7) is 1.11. The lowest BCUT2D eigenvalue weighted by Gasteiger charge is -2.13. The Kier molecular flexibility index (Phi) is 8.43. The molecule has 0 spiro atoms. The second-order valence-electron chi connectivity index (χ2n) is 6.52. The first-order valence-corrected chi connectivity index (χ1v) is 11.1. The summed E-state index contributed by atoms with van der Waals surface area (Å²) in [6.07, 6.45) is 5.43.